The molecule has 29 heavy (non-hydrogen) atoms. The molecule has 0 aliphatic carbocycles. The van der Waals surface area contributed by atoms with E-state index in [9.17, 15) is 4.79 Å². The van der Waals surface area contributed by atoms with E-state index >= 15 is 0 Å². The lowest BCUT2D eigenvalue weighted by Gasteiger charge is -2.30. The van der Waals surface area contributed by atoms with Crippen LogP contribution in [0, 0.1) is 0 Å². The zero-order valence-corrected chi connectivity index (χ0v) is 17.2. The Morgan fingerprint density at radius 1 is 1.10 bits per heavy atom. The van der Waals surface area contributed by atoms with Gasteiger partial charge in [0.05, 0.1) is 0 Å². The average molecular weight is 409 g/mol. The number of pyridine rings is 1. The Labute approximate surface area is 174 Å². The first kappa shape index (κ1) is 19.5. The molecule has 3 aromatic rings. The highest BCUT2D eigenvalue weighted by Gasteiger charge is 2.25. The number of aryl methyl sites for hydroxylation is 1. The number of piperidine rings is 1. The van der Waals surface area contributed by atoms with E-state index in [1.165, 1.54) is 0 Å². The van der Waals surface area contributed by atoms with E-state index in [4.69, 9.17) is 4.74 Å². The predicted molar refractivity (Wildman–Crippen MR) is 113 cm³/mol. The van der Waals surface area contributed by atoms with Crippen molar-refractivity contribution in [2.45, 2.75) is 29.7 Å². The second-order valence-electron chi connectivity index (χ2n) is 7.13. The molecule has 1 aliphatic rings. The van der Waals surface area contributed by atoms with Gasteiger partial charge in [0.2, 0.25) is 0 Å². The van der Waals surface area contributed by atoms with Crippen LogP contribution in [0.15, 0.2) is 66.2 Å². The third-order valence-corrected chi connectivity index (χ3v) is 6.40. The lowest BCUT2D eigenvalue weighted by atomic mass is 10.1. The summed E-state index contributed by atoms with van der Waals surface area (Å²) < 4.78 is 7.60. The molecule has 1 amide bonds. The van der Waals surface area contributed by atoms with E-state index in [0.29, 0.717) is 24.1 Å². The smallest absolute Gasteiger partial charge is 0.410 e. The quantitative estimate of drug-likeness (QED) is 0.634. The van der Waals surface area contributed by atoms with Crippen molar-refractivity contribution < 1.29 is 9.53 Å². The van der Waals surface area contributed by atoms with Crippen LogP contribution in [0.2, 0.25) is 0 Å². The van der Waals surface area contributed by atoms with Gasteiger partial charge in [-0.1, -0.05) is 30.0 Å². The number of aromatic nitrogens is 3. The zero-order valence-electron chi connectivity index (χ0n) is 16.4. The van der Waals surface area contributed by atoms with Crippen LogP contribution >= 0.6 is 11.8 Å². The molecular weight excluding hydrogens is 384 g/mol. The largest absolute Gasteiger partial charge is 0.415 e. The van der Waals surface area contributed by atoms with Crippen molar-refractivity contribution in [2.75, 3.05) is 13.1 Å². The molecule has 150 valence electrons. The Morgan fingerprint density at radius 3 is 2.55 bits per heavy atom. The number of rotatable bonds is 5. The van der Waals surface area contributed by atoms with Gasteiger partial charge in [0.15, 0.2) is 5.16 Å². The van der Waals surface area contributed by atoms with Crippen LogP contribution < -0.4 is 4.74 Å². The molecule has 0 bridgehead atoms. The molecule has 0 atom stereocenters. The van der Waals surface area contributed by atoms with Crippen molar-refractivity contribution in [1.29, 1.82) is 0 Å². The number of nitrogens with zero attached hydrogens (tertiary/aromatic N) is 4. The number of ether oxygens (including phenoxy) is 1. The standard InChI is InChI=1S/C22H24N4O2S/c1-25-15-12-24-21(25)29-20-9-13-26(14-10-20)22(27)28-19-7-5-17(6-8-19)16-18-4-2-3-11-23-18/h2-8,11-12,15,20H,9-10,13-14,16H2,1H3. The number of thioether (sulfide) groups is 1. The molecule has 1 aromatic carbocycles. The van der Waals surface area contributed by atoms with E-state index in [1.807, 2.05) is 66.5 Å². The van der Waals surface area contributed by atoms with Crippen molar-refractivity contribution in [3.05, 3.63) is 72.3 Å². The van der Waals surface area contributed by atoms with Crippen LogP contribution in [-0.4, -0.2) is 43.9 Å². The molecule has 6 nitrogen and oxygen atoms in total. The van der Waals surface area contributed by atoms with E-state index in [0.717, 1.165) is 35.7 Å². The molecule has 7 heteroatoms. The van der Waals surface area contributed by atoms with Gasteiger partial charge in [-0.25, -0.2) is 9.78 Å². The van der Waals surface area contributed by atoms with Crippen LogP contribution in [-0.2, 0) is 13.5 Å². The third kappa shape index (κ3) is 5.17. The summed E-state index contributed by atoms with van der Waals surface area (Å²) in [6, 6.07) is 13.5. The van der Waals surface area contributed by atoms with Gasteiger partial charge in [0, 0.05) is 56.1 Å². The maximum atomic E-state index is 12.5. The van der Waals surface area contributed by atoms with Crippen LogP contribution in [0.3, 0.4) is 0 Å². The highest BCUT2D eigenvalue weighted by Crippen LogP contribution is 2.29. The van der Waals surface area contributed by atoms with Gasteiger partial charge < -0.3 is 14.2 Å². The Kier molecular flexibility index (Phi) is 6.14. The monoisotopic (exact) mass is 408 g/mol. The summed E-state index contributed by atoms with van der Waals surface area (Å²) in [7, 11) is 2.00. The molecule has 0 spiro atoms. The van der Waals surface area contributed by atoms with Crippen LogP contribution in [0.25, 0.3) is 0 Å². The SMILES string of the molecule is Cn1ccnc1SC1CCN(C(=O)Oc2ccc(Cc3ccccn3)cc2)CC1. The second-order valence-corrected chi connectivity index (χ2v) is 8.40. The Hall–Kier alpha value is -2.80. The maximum Gasteiger partial charge on any atom is 0.415 e. The fraction of sp³-hybridized carbons (Fsp3) is 0.318. The molecule has 2 aromatic heterocycles. The number of carbonyl (C=O) groups is 1. The highest BCUT2D eigenvalue weighted by atomic mass is 32.2. The van der Waals surface area contributed by atoms with Crippen molar-refractivity contribution in [1.82, 2.24) is 19.4 Å². The van der Waals surface area contributed by atoms with Gasteiger partial charge in [-0.05, 0) is 42.7 Å². The van der Waals surface area contributed by atoms with Gasteiger partial charge >= 0.3 is 6.09 Å². The molecule has 0 saturated carbocycles. The minimum atomic E-state index is -0.275. The molecule has 1 fully saturated rings. The Morgan fingerprint density at radius 2 is 1.90 bits per heavy atom. The lowest BCUT2D eigenvalue weighted by Crippen LogP contribution is -2.40. The van der Waals surface area contributed by atoms with E-state index in [-0.39, 0.29) is 6.09 Å². The summed E-state index contributed by atoms with van der Waals surface area (Å²) in [5.74, 6) is 0.573. The lowest BCUT2D eigenvalue weighted by molar-refractivity contribution is 0.143. The second kappa shape index (κ2) is 9.13. The van der Waals surface area contributed by atoms with Crippen molar-refractivity contribution in [3.63, 3.8) is 0 Å². The van der Waals surface area contributed by atoms with Crippen LogP contribution in [0.5, 0.6) is 5.75 Å². The fourth-order valence-corrected chi connectivity index (χ4v) is 4.42. The number of hydrogen-bond acceptors (Lipinski definition) is 5. The molecule has 0 N–H and O–H groups in total. The first-order chi connectivity index (χ1) is 14.2. The van der Waals surface area contributed by atoms with Crippen LogP contribution in [0.4, 0.5) is 4.79 Å². The molecule has 0 unspecified atom stereocenters. The minimum Gasteiger partial charge on any atom is -0.410 e. The molecule has 0 radical (unpaired) electrons. The van der Waals surface area contributed by atoms with Gasteiger partial charge in [-0.3, -0.25) is 4.98 Å². The molecule has 1 saturated heterocycles. The van der Waals surface area contributed by atoms with E-state index in [2.05, 4.69) is 9.97 Å². The topological polar surface area (TPSA) is 60.2 Å². The summed E-state index contributed by atoms with van der Waals surface area (Å²) in [5, 5.41) is 1.50. The van der Waals surface area contributed by atoms with Crippen molar-refractivity contribution in [3.8, 4) is 5.75 Å². The number of likely N-dealkylation sites (tertiary alicyclic amines) is 1. The Balaban J connectivity index is 1.26. The molecule has 3 heterocycles. The van der Waals surface area contributed by atoms with Crippen molar-refractivity contribution in [2.24, 2.45) is 7.05 Å². The first-order valence-corrected chi connectivity index (χ1v) is 10.6. The van der Waals surface area contributed by atoms with E-state index < -0.39 is 0 Å². The molecule has 1 aliphatic heterocycles. The number of imidazole rings is 1. The van der Waals surface area contributed by atoms with Gasteiger partial charge in [0.1, 0.15) is 5.75 Å². The first-order valence-electron chi connectivity index (χ1n) is 9.77. The number of amides is 1. The minimum absolute atomic E-state index is 0.275. The maximum absolute atomic E-state index is 12.5. The number of carbonyl (C=O) groups excluding carboxylic acids is 1. The van der Waals surface area contributed by atoms with Gasteiger partial charge in [-0.15, -0.1) is 0 Å². The van der Waals surface area contributed by atoms with Crippen molar-refractivity contribution >= 4 is 17.9 Å². The normalized spacial score (nSPS) is 14.7. The van der Waals surface area contributed by atoms with Gasteiger partial charge in [-0.2, -0.15) is 0 Å². The summed E-state index contributed by atoms with van der Waals surface area (Å²) in [4.78, 5) is 23.0. The average Bonchev–Trinajstić information content (AvgIpc) is 3.15. The number of hydrogen-bond donors (Lipinski definition) is 0. The third-order valence-electron chi connectivity index (χ3n) is 4.99. The predicted octanol–water partition coefficient (Wildman–Crippen LogP) is 4.16. The van der Waals surface area contributed by atoms with Crippen LogP contribution in [0.1, 0.15) is 24.1 Å². The zero-order chi connectivity index (χ0) is 20.1. The number of benzene rings is 1. The van der Waals surface area contributed by atoms with Gasteiger partial charge in [0.25, 0.3) is 0 Å². The summed E-state index contributed by atoms with van der Waals surface area (Å²) >= 11 is 1.79. The Bertz CT molecular complexity index is 935. The fourth-order valence-electron chi connectivity index (χ4n) is 3.32. The molecule has 4 rings (SSSR count). The van der Waals surface area contributed by atoms with E-state index in [1.54, 1.807) is 22.9 Å². The highest BCUT2D eigenvalue weighted by molar-refractivity contribution is 7.99. The molecular formula is C22H24N4O2S. The summed E-state index contributed by atoms with van der Waals surface area (Å²) in [5.41, 5.74) is 2.15. The summed E-state index contributed by atoms with van der Waals surface area (Å²) in [6.45, 7) is 1.41. The summed E-state index contributed by atoms with van der Waals surface area (Å²) in [6.07, 6.45) is 7.93.